The number of aryl methyl sites for hydroxylation is 1. The number of ether oxygens (including phenoxy) is 1. The average Bonchev–Trinajstić information content (AvgIpc) is 2.85. The van der Waals surface area contributed by atoms with Gasteiger partial charge in [0, 0.05) is 12.1 Å². The van der Waals surface area contributed by atoms with Crippen molar-refractivity contribution in [2.45, 2.75) is 39.2 Å². The number of hydrogen-bond donors (Lipinski definition) is 0. The van der Waals surface area contributed by atoms with Crippen LogP contribution in [0.3, 0.4) is 0 Å². The zero-order valence-electron chi connectivity index (χ0n) is 12.6. The van der Waals surface area contributed by atoms with E-state index in [1.54, 1.807) is 32.9 Å². The van der Waals surface area contributed by atoms with Crippen molar-refractivity contribution in [1.82, 2.24) is 4.90 Å². The van der Waals surface area contributed by atoms with Gasteiger partial charge < -0.3 is 9.64 Å². The highest BCUT2D eigenvalue weighted by molar-refractivity contribution is 5.98. The predicted octanol–water partition coefficient (Wildman–Crippen LogP) is 2.69. The standard InChI is InChI=1S/C16H20FNO3/c1-4-21-15(20)16(3)8-5-9-18(16)14(19)12-7-6-11(2)13(17)10-12/h6-7,10H,4-5,8-9H2,1-3H3. The Bertz CT molecular complexity index is 573. The van der Waals surface area contributed by atoms with Crippen LogP contribution in [0.15, 0.2) is 18.2 Å². The Kier molecular flexibility index (Phi) is 4.30. The molecule has 5 heteroatoms. The van der Waals surface area contributed by atoms with Crippen molar-refractivity contribution in [3.05, 3.63) is 35.1 Å². The largest absolute Gasteiger partial charge is 0.464 e. The number of esters is 1. The maximum Gasteiger partial charge on any atom is 0.331 e. The summed E-state index contributed by atoms with van der Waals surface area (Å²) in [6.07, 6.45) is 1.29. The summed E-state index contributed by atoms with van der Waals surface area (Å²) in [6, 6.07) is 4.38. The Balaban J connectivity index is 2.28. The van der Waals surface area contributed by atoms with Gasteiger partial charge in [-0.25, -0.2) is 9.18 Å². The van der Waals surface area contributed by atoms with Gasteiger partial charge >= 0.3 is 5.97 Å². The molecule has 0 radical (unpaired) electrons. The van der Waals surface area contributed by atoms with E-state index in [0.29, 0.717) is 18.5 Å². The van der Waals surface area contributed by atoms with Gasteiger partial charge in [-0.15, -0.1) is 0 Å². The highest BCUT2D eigenvalue weighted by Crippen LogP contribution is 2.32. The summed E-state index contributed by atoms with van der Waals surface area (Å²) < 4.78 is 18.7. The fraction of sp³-hybridized carbons (Fsp3) is 0.500. The molecule has 1 atom stereocenters. The number of halogens is 1. The SMILES string of the molecule is CCOC(=O)C1(C)CCCN1C(=O)c1ccc(C)c(F)c1. The summed E-state index contributed by atoms with van der Waals surface area (Å²) in [5.74, 6) is -1.15. The van der Waals surface area contributed by atoms with E-state index in [1.165, 1.54) is 11.0 Å². The molecule has 0 aromatic heterocycles. The Morgan fingerprint density at radius 1 is 1.43 bits per heavy atom. The quantitative estimate of drug-likeness (QED) is 0.805. The Labute approximate surface area is 123 Å². The summed E-state index contributed by atoms with van der Waals surface area (Å²) in [5.41, 5.74) is -0.217. The minimum atomic E-state index is -0.964. The lowest BCUT2D eigenvalue weighted by molar-refractivity contribution is -0.153. The molecule has 1 aliphatic rings. The molecule has 1 fully saturated rings. The number of carbonyl (C=O) groups excluding carboxylic acids is 2. The van der Waals surface area contributed by atoms with Gasteiger partial charge in [0.2, 0.25) is 0 Å². The van der Waals surface area contributed by atoms with Gasteiger partial charge in [-0.2, -0.15) is 0 Å². The maximum absolute atomic E-state index is 13.6. The van der Waals surface area contributed by atoms with Crippen LogP contribution in [0.5, 0.6) is 0 Å². The molecule has 1 heterocycles. The third-order valence-electron chi connectivity index (χ3n) is 4.02. The number of benzene rings is 1. The van der Waals surface area contributed by atoms with Crippen molar-refractivity contribution in [3.63, 3.8) is 0 Å². The molecule has 0 saturated carbocycles. The first kappa shape index (κ1) is 15.5. The maximum atomic E-state index is 13.6. The van der Waals surface area contributed by atoms with E-state index in [4.69, 9.17) is 4.74 Å². The zero-order chi connectivity index (χ0) is 15.6. The van der Waals surface area contributed by atoms with Crippen LogP contribution in [0.4, 0.5) is 4.39 Å². The van der Waals surface area contributed by atoms with E-state index in [2.05, 4.69) is 0 Å². The fourth-order valence-electron chi connectivity index (χ4n) is 2.67. The summed E-state index contributed by atoms with van der Waals surface area (Å²) in [7, 11) is 0. The van der Waals surface area contributed by atoms with Gasteiger partial charge in [0.1, 0.15) is 11.4 Å². The second kappa shape index (κ2) is 5.84. The molecule has 0 spiro atoms. The summed E-state index contributed by atoms with van der Waals surface area (Å²) >= 11 is 0. The van der Waals surface area contributed by atoms with E-state index < -0.39 is 17.3 Å². The Hall–Kier alpha value is -1.91. The third kappa shape index (κ3) is 2.77. The second-order valence-corrected chi connectivity index (χ2v) is 5.52. The van der Waals surface area contributed by atoms with Crippen molar-refractivity contribution in [2.75, 3.05) is 13.2 Å². The van der Waals surface area contributed by atoms with Crippen LogP contribution in [0.25, 0.3) is 0 Å². The molecule has 2 rings (SSSR count). The molecule has 1 aliphatic heterocycles. The highest BCUT2D eigenvalue weighted by atomic mass is 19.1. The number of likely N-dealkylation sites (tertiary alicyclic amines) is 1. The molecule has 114 valence electrons. The van der Waals surface area contributed by atoms with Crippen LogP contribution in [-0.2, 0) is 9.53 Å². The van der Waals surface area contributed by atoms with E-state index in [9.17, 15) is 14.0 Å². The molecule has 1 aromatic rings. The molecule has 1 amide bonds. The predicted molar refractivity (Wildman–Crippen MR) is 76.4 cm³/mol. The van der Waals surface area contributed by atoms with Crippen LogP contribution in [-0.4, -0.2) is 35.5 Å². The lowest BCUT2D eigenvalue weighted by Gasteiger charge is -2.33. The average molecular weight is 293 g/mol. The second-order valence-electron chi connectivity index (χ2n) is 5.52. The number of hydrogen-bond acceptors (Lipinski definition) is 3. The van der Waals surface area contributed by atoms with Gasteiger partial charge in [0.05, 0.1) is 6.61 Å². The lowest BCUT2D eigenvalue weighted by atomic mass is 9.98. The Morgan fingerprint density at radius 3 is 2.76 bits per heavy atom. The first-order valence-electron chi connectivity index (χ1n) is 7.15. The van der Waals surface area contributed by atoms with Gasteiger partial charge in [-0.05, 0) is 51.3 Å². The first-order chi connectivity index (χ1) is 9.90. The van der Waals surface area contributed by atoms with Crippen molar-refractivity contribution in [3.8, 4) is 0 Å². The van der Waals surface area contributed by atoms with Crippen LogP contribution >= 0.6 is 0 Å². The van der Waals surface area contributed by atoms with E-state index >= 15 is 0 Å². The van der Waals surface area contributed by atoms with Crippen LogP contribution in [0, 0.1) is 12.7 Å². The summed E-state index contributed by atoms with van der Waals surface area (Å²) in [6.45, 7) is 5.83. The van der Waals surface area contributed by atoms with E-state index in [1.807, 2.05) is 0 Å². The van der Waals surface area contributed by atoms with Crippen molar-refractivity contribution >= 4 is 11.9 Å². The first-order valence-corrected chi connectivity index (χ1v) is 7.15. The van der Waals surface area contributed by atoms with Crippen LogP contribution in [0.1, 0.15) is 42.6 Å². The monoisotopic (exact) mass is 293 g/mol. The molecule has 1 aromatic carbocycles. The molecule has 21 heavy (non-hydrogen) atoms. The number of carbonyl (C=O) groups is 2. The Morgan fingerprint density at radius 2 is 2.14 bits per heavy atom. The van der Waals surface area contributed by atoms with Gasteiger partial charge in [-0.3, -0.25) is 4.79 Å². The molecule has 1 unspecified atom stereocenters. The number of amides is 1. The third-order valence-corrected chi connectivity index (χ3v) is 4.02. The number of nitrogens with zero attached hydrogens (tertiary/aromatic N) is 1. The number of rotatable bonds is 3. The van der Waals surface area contributed by atoms with E-state index in [0.717, 1.165) is 6.42 Å². The van der Waals surface area contributed by atoms with Gasteiger partial charge in [0.25, 0.3) is 5.91 Å². The molecule has 4 nitrogen and oxygen atoms in total. The van der Waals surface area contributed by atoms with E-state index in [-0.39, 0.29) is 18.1 Å². The highest BCUT2D eigenvalue weighted by Gasteiger charge is 2.47. The van der Waals surface area contributed by atoms with Crippen molar-refractivity contribution in [1.29, 1.82) is 0 Å². The smallest absolute Gasteiger partial charge is 0.331 e. The molecule has 0 aliphatic carbocycles. The van der Waals surface area contributed by atoms with Crippen LogP contribution < -0.4 is 0 Å². The normalized spacial score (nSPS) is 21.4. The lowest BCUT2D eigenvalue weighted by Crippen LogP contribution is -2.51. The van der Waals surface area contributed by atoms with Gasteiger partial charge in [0.15, 0.2) is 0 Å². The fourth-order valence-corrected chi connectivity index (χ4v) is 2.67. The van der Waals surface area contributed by atoms with Crippen molar-refractivity contribution < 1.29 is 18.7 Å². The topological polar surface area (TPSA) is 46.6 Å². The molecule has 0 bridgehead atoms. The van der Waals surface area contributed by atoms with Crippen LogP contribution in [0.2, 0.25) is 0 Å². The molecule has 1 saturated heterocycles. The minimum Gasteiger partial charge on any atom is -0.464 e. The molecule has 0 N–H and O–H groups in total. The summed E-state index contributed by atoms with van der Waals surface area (Å²) in [4.78, 5) is 26.2. The van der Waals surface area contributed by atoms with Crippen molar-refractivity contribution in [2.24, 2.45) is 0 Å². The zero-order valence-corrected chi connectivity index (χ0v) is 12.6. The summed E-state index contributed by atoms with van der Waals surface area (Å²) in [5, 5.41) is 0. The molecular weight excluding hydrogens is 273 g/mol. The minimum absolute atomic E-state index is 0.260. The molecular formula is C16H20FNO3. The van der Waals surface area contributed by atoms with Gasteiger partial charge in [-0.1, -0.05) is 6.07 Å².